The highest BCUT2D eigenvalue weighted by Gasteiger charge is 2.62. The van der Waals surface area contributed by atoms with Gasteiger partial charge in [0.15, 0.2) is 23.1 Å². The first-order valence-corrected chi connectivity index (χ1v) is 19.9. The van der Waals surface area contributed by atoms with Crippen molar-refractivity contribution < 1.29 is 46.8 Å². The molecule has 4 aliphatic carbocycles. The van der Waals surface area contributed by atoms with Gasteiger partial charge in [0, 0.05) is 73.3 Å². The van der Waals surface area contributed by atoms with Crippen molar-refractivity contribution in [3.63, 3.8) is 0 Å². The molecule has 0 bridgehead atoms. The molecule has 19 heteroatoms. The number of hydrogen-bond acceptors (Lipinski definition) is 10. The summed E-state index contributed by atoms with van der Waals surface area (Å²) in [7, 11) is 2.73. The summed E-state index contributed by atoms with van der Waals surface area (Å²) in [5.74, 6) is -4.05. The molecule has 6 aliphatic rings. The standard InChI is InChI=1S/2C21H23F2N3O4.ClH/c2*1-20(24)8-25(9-21(20)3-4-21)16-13(23)5-10-15(18(16)30-2)26(14-6-12(14)22)7-11(17(10)27)19(28)29;/h2*5,7,12,14H,3-4,6,8-9,24H2,1-2H3,(H,28,29);1H/t2*12-,14+,20?;/m00./s1. The van der Waals surface area contributed by atoms with E-state index in [0.717, 1.165) is 50.2 Å². The first-order valence-electron chi connectivity index (χ1n) is 19.9. The van der Waals surface area contributed by atoms with Crippen LogP contribution in [0.1, 0.15) is 85.2 Å². The topological polar surface area (TPSA) is 196 Å². The zero-order valence-electron chi connectivity index (χ0n) is 33.9. The molecule has 61 heavy (non-hydrogen) atoms. The van der Waals surface area contributed by atoms with Crippen molar-refractivity contribution in [1.29, 1.82) is 0 Å². The Morgan fingerprint density at radius 1 is 0.689 bits per heavy atom. The zero-order chi connectivity index (χ0) is 43.2. The summed E-state index contributed by atoms with van der Waals surface area (Å²) >= 11 is 0. The van der Waals surface area contributed by atoms with E-state index in [4.69, 9.17) is 20.9 Å². The maximum absolute atomic E-state index is 15.3. The number of halogens is 5. The van der Waals surface area contributed by atoms with Crippen LogP contribution >= 0.6 is 12.4 Å². The van der Waals surface area contributed by atoms with Crippen LogP contribution < -0.4 is 41.6 Å². The van der Waals surface area contributed by atoms with E-state index in [2.05, 4.69) is 0 Å². The molecule has 328 valence electrons. The molecule has 6 N–H and O–H groups in total. The third-order valence-corrected chi connectivity index (χ3v) is 14.1. The van der Waals surface area contributed by atoms with Crippen LogP contribution in [0.4, 0.5) is 28.9 Å². The van der Waals surface area contributed by atoms with Crippen molar-refractivity contribution in [2.75, 3.05) is 50.2 Å². The van der Waals surface area contributed by atoms with E-state index in [9.17, 15) is 38.2 Å². The number of hydrogen-bond donors (Lipinski definition) is 4. The fourth-order valence-corrected chi connectivity index (χ4v) is 9.98. The quantitative estimate of drug-likeness (QED) is 0.167. The van der Waals surface area contributed by atoms with Gasteiger partial charge in [-0.1, -0.05) is 0 Å². The van der Waals surface area contributed by atoms with Gasteiger partial charge in [0.25, 0.3) is 0 Å². The number of nitrogens with two attached hydrogens (primary N) is 2. The van der Waals surface area contributed by atoms with Crippen LogP contribution in [0.3, 0.4) is 0 Å². The number of rotatable bonds is 8. The number of aromatic carboxylic acids is 2. The highest BCUT2D eigenvalue weighted by Crippen LogP contribution is 2.60. The lowest BCUT2D eigenvalue weighted by atomic mass is 9.87. The monoisotopic (exact) mass is 874 g/mol. The lowest BCUT2D eigenvalue weighted by Gasteiger charge is -2.26. The summed E-state index contributed by atoms with van der Waals surface area (Å²) < 4.78 is 72.6. The Hall–Kier alpha value is -5.07. The number of benzene rings is 2. The van der Waals surface area contributed by atoms with Crippen LogP contribution in [-0.2, 0) is 0 Å². The Kier molecular flexibility index (Phi) is 9.76. The van der Waals surface area contributed by atoms with E-state index in [-0.39, 0.29) is 80.8 Å². The predicted octanol–water partition coefficient (Wildman–Crippen LogP) is 5.32. The number of carbonyl (C=O) groups is 2. The summed E-state index contributed by atoms with van der Waals surface area (Å²) in [6.07, 6.45) is 4.20. The van der Waals surface area contributed by atoms with Crippen LogP contribution in [0.2, 0.25) is 0 Å². The molecule has 4 aromatic rings. The van der Waals surface area contributed by atoms with Gasteiger partial charge in [-0.3, -0.25) is 9.59 Å². The second-order valence-electron chi connectivity index (χ2n) is 18.2. The molecule has 2 spiro atoms. The van der Waals surface area contributed by atoms with Crippen molar-refractivity contribution in [3.05, 3.63) is 67.7 Å². The zero-order valence-corrected chi connectivity index (χ0v) is 34.7. The van der Waals surface area contributed by atoms with Crippen molar-refractivity contribution in [3.8, 4) is 11.5 Å². The number of pyridine rings is 2. The van der Waals surface area contributed by atoms with Crippen molar-refractivity contribution in [1.82, 2.24) is 9.13 Å². The van der Waals surface area contributed by atoms with E-state index < -0.39 is 81.1 Å². The minimum Gasteiger partial charge on any atom is -0.492 e. The van der Waals surface area contributed by atoms with Gasteiger partial charge < -0.3 is 50.1 Å². The average Bonchev–Trinajstić information content (AvgIpc) is 4.00. The van der Waals surface area contributed by atoms with E-state index in [0.29, 0.717) is 26.2 Å². The molecule has 14 nitrogen and oxygen atoms in total. The van der Waals surface area contributed by atoms with E-state index in [1.54, 1.807) is 0 Å². The van der Waals surface area contributed by atoms with Gasteiger partial charge in [0.2, 0.25) is 10.9 Å². The second-order valence-corrected chi connectivity index (χ2v) is 18.2. The third-order valence-electron chi connectivity index (χ3n) is 14.1. The maximum atomic E-state index is 15.3. The number of alkyl halides is 2. The predicted molar refractivity (Wildman–Crippen MR) is 221 cm³/mol. The molecule has 0 amide bonds. The number of ether oxygens (including phenoxy) is 2. The molecule has 2 saturated heterocycles. The summed E-state index contributed by atoms with van der Waals surface area (Å²) in [6, 6.07) is 0.845. The van der Waals surface area contributed by atoms with Gasteiger partial charge in [0.1, 0.15) is 34.8 Å². The highest BCUT2D eigenvalue weighted by molar-refractivity contribution is 5.98. The Morgan fingerprint density at radius 2 is 1.02 bits per heavy atom. The third kappa shape index (κ3) is 6.41. The smallest absolute Gasteiger partial charge is 0.341 e. The number of aromatic nitrogens is 2. The molecule has 10 rings (SSSR count). The minimum atomic E-state index is -1.44. The van der Waals surface area contributed by atoms with Gasteiger partial charge in [-0.05, 0) is 51.7 Å². The van der Waals surface area contributed by atoms with E-state index in [1.165, 1.54) is 23.4 Å². The molecular formula is C42H47ClF4N6O8. The van der Waals surface area contributed by atoms with Crippen LogP contribution in [0.15, 0.2) is 34.1 Å². The van der Waals surface area contributed by atoms with E-state index >= 15 is 8.78 Å². The summed E-state index contributed by atoms with van der Waals surface area (Å²) in [5.41, 5.74) is 9.97. The SMILES string of the molecule is COc1c(N2CC(C)(N)C3(CC3)C2)c(F)cc2c(=O)c(C(=O)O)cn([C@@H]3C[C@@H]3F)c12.COc1c(N2CC(C)(N)C3(CC3)C2)c(F)cc2c(=O)c(C(=O)O)cn([C@@H]3C[C@@H]3F)c12.Cl. The fraction of sp³-hybridized carbons (Fsp3) is 0.524. The molecule has 4 saturated carbocycles. The number of carboxylic acid groups (broad SMARTS) is 2. The Bertz CT molecular complexity index is 2490. The summed E-state index contributed by atoms with van der Waals surface area (Å²) in [4.78, 5) is 52.3. The molecule has 4 heterocycles. The van der Waals surface area contributed by atoms with Crippen molar-refractivity contribution >= 4 is 57.5 Å². The molecule has 2 unspecified atom stereocenters. The minimum absolute atomic E-state index is 0. The summed E-state index contributed by atoms with van der Waals surface area (Å²) in [5, 5.41) is 18.5. The normalized spacial score (nSPS) is 28.4. The maximum Gasteiger partial charge on any atom is 0.341 e. The van der Waals surface area contributed by atoms with Gasteiger partial charge in [-0.25, -0.2) is 27.2 Å². The second kappa shape index (κ2) is 14.0. The average molecular weight is 875 g/mol. The summed E-state index contributed by atoms with van der Waals surface area (Å²) in [6.45, 7) is 5.87. The van der Waals surface area contributed by atoms with Crippen LogP contribution in [0.5, 0.6) is 11.5 Å². The molecule has 2 aromatic carbocycles. The molecule has 6 fully saturated rings. The number of anilines is 2. The van der Waals surface area contributed by atoms with Crippen LogP contribution in [-0.4, -0.2) is 95.1 Å². The van der Waals surface area contributed by atoms with E-state index in [1.807, 2.05) is 23.6 Å². The molecule has 2 aliphatic heterocycles. The Labute approximate surface area is 352 Å². The number of carboxylic acids is 2. The van der Waals surface area contributed by atoms with Gasteiger partial charge in [0.05, 0.1) is 48.1 Å². The number of methoxy groups -OCH3 is 2. The fourth-order valence-electron chi connectivity index (χ4n) is 9.98. The van der Waals surface area contributed by atoms with Gasteiger partial charge in [-0.15, -0.1) is 12.4 Å². The first-order chi connectivity index (χ1) is 28.2. The van der Waals surface area contributed by atoms with Gasteiger partial charge in [-0.2, -0.15) is 0 Å². The Morgan fingerprint density at radius 3 is 1.26 bits per heavy atom. The molecular weight excluding hydrogens is 828 g/mol. The van der Waals surface area contributed by atoms with Crippen LogP contribution in [0, 0.1) is 22.5 Å². The molecule has 2 aromatic heterocycles. The van der Waals surface area contributed by atoms with Gasteiger partial charge >= 0.3 is 11.9 Å². The first kappa shape index (κ1) is 42.6. The number of nitrogens with zero attached hydrogens (tertiary/aromatic N) is 4. The van der Waals surface area contributed by atoms with Crippen molar-refractivity contribution in [2.45, 2.75) is 87.9 Å². The van der Waals surface area contributed by atoms with Crippen molar-refractivity contribution in [2.24, 2.45) is 22.3 Å². The lowest BCUT2D eigenvalue weighted by Crippen LogP contribution is -2.45. The molecule has 0 radical (unpaired) electrons. The largest absolute Gasteiger partial charge is 0.492 e. The van der Waals surface area contributed by atoms with Crippen LogP contribution in [0.25, 0.3) is 21.8 Å². The Balaban J connectivity index is 0.000000166. The molecule has 6 atom stereocenters. The lowest BCUT2D eigenvalue weighted by molar-refractivity contribution is 0.0684. The highest BCUT2D eigenvalue weighted by atomic mass is 35.5. The number of fused-ring (bicyclic) bond motifs is 2.